The number of sulfonamides is 1. The Bertz CT molecular complexity index is 895. The minimum atomic E-state index is -3.28. The van der Waals surface area contributed by atoms with Crippen LogP contribution in [-0.4, -0.2) is 49.7 Å². The standard InChI is InChI=1S/C17H22N4O3S2/c1-12-18-16(11-25-12)13-5-3-6-14(9-13)19-17(22)21-8-4-7-15(10-21)20-26(2,23)24/h3,5-6,9,11,15,20H,4,7-8,10H2,1-2H3,(H,19,22). The number of piperidine rings is 1. The quantitative estimate of drug-likeness (QED) is 0.834. The summed E-state index contributed by atoms with van der Waals surface area (Å²) in [7, 11) is -3.28. The van der Waals surface area contributed by atoms with Gasteiger partial charge in [-0.25, -0.2) is 22.9 Å². The molecule has 2 amide bonds. The van der Waals surface area contributed by atoms with Crippen molar-refractivity contribution in [2.45, 2.75) is 25.8 Å². The Morgan fingerprint density at radius 2 is 2.19 bits per heavy atom. The van der Waals surface area contributed by atoms with Gasteiger partial charge in [0.15, 0.2) is 0 Å². The SMILES string of the molecule is Cc1nc(-c2cccc(NC(=O)N3CCCC(NS(C)(=O)=O)C3)c2)cs1. The van der Waals surface area contributed by atoms with Crippen LogP contribution < -0.4 is 10.0 Å². The summed E-state index contributed by atoms with van der Waals surface area (Å²) in [4.78, 5) is 18.7. The smallest absolute Gasteiger partial charge is 0.321 e. The van der Waals surface area contributed by atoms with Crippen LogP contribution in [0.5, 0.6) is 0 Å². The van der Waals surface area contributed by atoms with Crippen molar-refractivity contribution in [2.75, 3.05) is 24.7 Å². The minimum absolute atomic E-state index is 0.225. The summed E-state index contributed by atoms with van der Waals surface area (Å²) in [5.74, 6) is 0. The average Bonchev–Trinajstić information content (AvgIpc) is 3.00. The van der Waals surface area contributed by atoms with Gasteiger partial charge in [-0.1, -0.05) is 12.1 Å². The van der Waals surface area contributed by atoms with Gasteiger partial charge in [0.25, 0.3) is 0 Å². The molecule has 26 heavy (non-hydrogen) atoms. The van der Waals surface area contributed by atoms with Crippen LogP contribution in [0.1, 0.15) is 17.8 Å². The second-order valence-corrected chi connectivity index (χ2v) is 9.28. The lowest BCUT2D eigenvalue weighted by molar-refractivity contribution is 0.190. The number of amides is 2. The first-order valence-corrected chi connectivity index (χ1v) is 11.1. The van der Waals surface area contributed by atoms with Gasteiger partial charge in [-0.3, -0.25) is 0 Å². The fourth-order valence-electron chi connectivity index (χ4n) is 3.02. The van der Waals surface area contributed by atoms with Crippen LogP contribution in [0.15, 0.2) is 29.6 Å². The third-order valence-electron chi connectivity index (χ3n) is 4.12. The summed E-state index contributed by atoms with van der Waals surface area (Å²) in [5, 5.41) is 5.88. The van der Waals surface area contributed by atoms with Crippen LogP contribution in [-0.2, 0) is 10.0 Å². The number of thiazole rings is 1. The Kier molecular flexibility index (Phi) is 5.59. The first kappa shape index (κ1) is 18.8. The molecule has 1 aromatic carbocycles. The van der Waals surface area contributed by atoms with Crippen LogP contribution >= 0.6 is 11.3 Å². The summed E-state index contributed by atoms with van der Waals surface area (Å²) in [6.45, 7) is 2.93. The zero-order chi connectivity index (χ0) is 18.7. The number of likely N-dealkylation sites (tertiary alicyclic amines) is 1. The molecule has 1 aliphatic heterocycles. The summed E-state index contributed by atoms with van der Waals surface area (Å²) >= 11 is 1.58. The number of aromatic nitrogens is 1. The summed E-state index contributed by atoms with van der Waals surface area (Å²) in [6.07, 6.45) is 2.63. The number of rotatable bonds is 4. The zero-order valence-electron chi connectivity index (χ0n) is 14.7. The van der Waals surface area contributed by atoms with Crippen molar-refractivity contribution in [1.29, 1.82) is 0 Å². The minimum Gasteiger partial charge on any atom is -0.323 e. The molecule has 1 atom stereocenters. The van der Waals surface area contributed by atoms with Crippen molar-refractivity contribution in [3.05, 3.63) is 34.7 Å². The molecule has 0 bridgehead atoms. The zero-order valence-corrected chi connectivity index (χ0v) is 16.4. The number of urea groups is 1. The molecule has 1 fully saturated rings. The highest BCUT2D eigenvalue weighted by Gasteiger charge is 2.25. The van der Waals surface area contributed by atoms with Crippen molar-refractivity contribution in [3.63, 3.8) is 0 Å². The van der Waals surface area contributed by atoms with Gasteiger partial charge in [0.2, 0.25) is 10.0 Å². The van der Waals surface area contributed by atoms with E-state index >= 15 is 0 Å². The predicted molar refractivity (Wildman–Crippen MR) is 104 cm³/mol. The van der Waals surface area contributed by atoms with Crippen LogP contribution in [0.4, 0.5) is 10.5 Å². The van der Waals surface area contributed by atoms with Gasteiger partial charge in [0, 0.05) is 35.8 Å². The van der Waals surface area contributed by atoms with E-state index in [2.05, 4.69) is 15.0 Å². The molecular weight excluding hydrogens is 372 g/mol. The van der Waals surface area contributed by atoms with Gasteiger partial charge in [-0.05, 0) is 31.9 Å². The molecule has 7 nitrogen and oxygen atoms in total. The Hall–Kier alpha value is -1.97. The monoisotopic (exact) mass is 394 g/mol. The molecule has 140 valence electrons. The van der Waals surface area contributed by atoms with Crippen LogP contribution in [0.25, 0.3) is 11.3 Å². The summed E-state index contributed by atoms with van der Waals surface area (Å²) in [6, 6.07) is 7.09. The van der Waals surface area contributed by atoms with Crippen molar-refractivity contribution in [1.82, 2.24) is 14.6 Å². The molecular formula is C17H22N4O3S2. The van der Waals surface area contributed by atoms with Gasteiger partial charge in [-0.15, -0.1) is 11.3 Å². The lowest BCUT2D eigenvalue weighted by Crippen LogP contribution is -2.50. The molecule has 2 aromatic rings. The van der Waals surface area contributed by atoms with Gasteiger partial charge in [-0.2, -0.15) is 0 Å². The van der Waals surface area contributed by atoms with Crippen molar-refractivity contribution in [2.24, 2.45) is 0 Å². The molecule has 0 aliphatic carbocycles. The number of nitrogens with zero attached hydrogens (tertiary/aromatic N) is 2. The second-order valence-electron chi connectivity index (χ2n) is 6.44. The highest BCUT2D eigenvalue weighted by molar-refractivity contribution is 7.88. The van der Waals surface area contributed by atoms with E-state index in [0.29, 0.717) is 18.8 Å². The number of benzene rings is 1. The molecule has 1 aliphatic rings. The van der Waals surface area contributed by atoms with E-state index in [1.165, 1.54) is 0 Å². The van der Waals surface area contributed by atoms with Crippen LogP contribution in [0.3, 0.4) is 0 Å². The Labute approximate surface area is 157 Å². The van der Waals surface area contributed by atoms with Crippen molar-refractivity contribution in [3.8, 4) is 11.3 Å². The number of hydrogen-bond donors (Lipinski definition) is 2. The number of carbonyl (C=O) groups excluding carboxylic acids is 1. The normalized spacial score (nSPS) is 17.9. The van der Waals surface area contributed by atoms with E-state index < -0.39 is 10.0 Å². The fraction of sp³-hybridized carbons (Fsp3) is 0.412. The number of anilines is 1. The van der Waals surface area contributed by atoms with Crippen molar-refractivity contribution >= 4 is 33.1 Å². The first-order chi connectivity index (χ1) is 12.3. The second kappa shape index (κ2) is 7.73. The lowest BCUT2D eigenvalue weighted by Gasteiger charge is -2.32. The maximum Gasteiger partial charge on any atom is 0.321 e. The number of hydrogen-bond acceptors (Lipinski definition) is 5. The number of carbonyl (C=O) groups is 1. The maximum absolute atomic E-state index is 12.6. The maximum atomic E-state index is 12.6. The highest BCUT2D eigenvalue weighted by Crippen LogP contribution is 2.24. The summed E-state index contributed by atoms with van der Waals surface area (Å²) in [5.41, 5.74) is 2.53. The van der Waals surface area contributed by atoms with Gasteiger partial charge < -0.3 is 10.2 Å². The topological polar surface area (TPSA) is 91.4 Å². The fourth-order valence-corrected chi connectivity index (χ4v) is 4.44. The van der Waals surface area contributed by atoms with Gasteiger partial charge in [0.05, 0.1) is 17.0 Å². The molecule has 2 N–H and O–H groups in total. The van der Waals surface area contributed by atoms with E-state index in [4.69, 9.17) is 0 Å². The van der Waals surface area contributed by atoms with Gasteiger partial charge >= 0.3 is 6.03 Å². The summed E-state index contributed by atoms with van der Waals surface area (Å²) < 4.78 is 25.4. The third-order valence-corrected chi connectivity index (χ3v) is 5.65. The number of aryl methyl sites for hydroxylation is 1. The number of nitrogens with one attached hydrogen (secondary N) is 2. The van der Waals surface area contributed by atoms with E-state index in [-0.39, 0.29) is 12.1 Å². The molecule has 0 radical (unpaired) electrons. The molecule has 2 heterocycles. The molecule has 3 rings (SSSR count). The molecule has 9 heteroatoms. The molecule has 0 saturated carbocycles. The predicted octanol–water partition coefficient (Wildman–Crippen LogP) is 2.66. The first-order valence-electron chi connectivity index (χ1n) is 8.36. The van der Waals surface area contributed by atoms with E-state index in [9.17, 15) is 13.2 Å². The third kappa shape index (κ3) is 5.03. The van der Waals surface area contributed by atoms with Crippen LogP contribution in [0, 0.1) is 6.92 Å². The Morgan fingerprint density at radius 3 is 2.88 bits per heavy atom. The average molecular weight is 395 g/mol. The molecule has 1 unspecified atom stereocenters. The Balaban J connectivity index is 1.66. The van der Waals surface area contributed by atoms with Gasteiger partial charge in [0.1, 0.15) is 0 Å². The largest absolute Gasteiger partial charge is 0.323 e. The van der Waals surface area contributed by atoms with E-state index in [1.807, 2.05) is 36.6 Å². The Morgan fingerprint density at radius 1 is 1.38 bits per heavy atom. The van der Waals surface area contributed by atoms with Crippen LogP contribution in [0.2, 0.25) is 0 Å². The van der Waals surface area contributed by atoms with E-state index in [0.717, 1.165) is 35.4 Å². The lowest BCUT2D eigenvalue weighted by atomic mass is 10.1. The van der Waals surface area contributed by atoms with Crippen molar-refractivity contribution < 1.29 is 13.2 Å². The highest BCUT2D eigenvalue weighted by atomic mass is 32.2. The molecule has 1 saturated heterocycles. The van der Waals surface area contributed by atoms with E-state index in [1.54, 1.807) is 16.2 Å². The molecule has 0 spiro atoms. The molecule has 1 aromatic heterocycles.